The first-order chi connectivity index (χ1) is 12.0. The number of hydrogen-bond acceptors (Lipinski definition) is 5. The van der Waals surface area contributed by atoms with Crippen molar-refractivity contribution in [2.45, 2.75) is 38.3 Å². The van der Waals surface area contributed by atoms with Crippen molar-refractivity contribution in [3.8, 4) is 11.5 Å². The highest BCUT2D eigenvalue weighted by Crippen LogP contribution is 2.17. The van der Waals surface area contributed by atoms with E-state index < -0.39 is 6.10 Å². The average Bonchev–Trinajstić information content (AvgIpc) is 2.62. The number of aromatic hydroxyl groups is 1. The van der Waals surface area contributed by atoms with Crippen LogP contribution in [0.3, 0.4) is 0 Å². The summed E-state index contributed by atoms with van der Waals surface area (Å²) in [4.78, 5) is 26.0. The number of nitrogens with one attached hydrogen (secondary N) is 1. The van der Waals surface area contributed by atoms with Crippen molar-refractivity contribution in [3.05, 3.63) is 24.3 Å². The molecule has 2 amide bonds. The summed E-state index contributed by atoms with van der Waals surface area (Å²) in [5, 5.41) is 12.2. The van der Waals surface area contributed by atoms with E-state index in [2.05, 4.69) is 5.32 Å². The lowest BCUT2D eigenvalue weighted by molar-refractivity contribution is -0.133. The van der Waals surface area contributed by atoms with Crippen molar-refractivity contribution in [1.29, 1.82) is 0 Å². The van der Waals surface area contributed by atoms with Crippen molar-refractivity contribution in [3.63, 3.8) is 0 Å². The molecular formula is C18H26N2O5. The quantitative estimate of drug-likeness (QED) is 0.774. The zero-order valence-electron chi connectivity index (χ0n) is 14.7. The van der Waals surface area contributed by atoms with Gasteiger partial charge in [-0.1, -0.05) is 0 Å². The second-order valence-corrected chi connectivity index (χ2v) is 6.16. The van der Waals surface area contributed by atoms with Crippen LogP contribution < -0.4 is 10.1 Å². The molecule has 2 rings (SSSR count). The van der Waals surface area contributed by atoms with E-state index in [9.17, 15) is 14.7 Å². The smallest absolute Gasteiger partial charge is 0.260 e. The number of phenolic OH excluding ortho intramolecular Hbond substituents is 1. The predicted molar refractivity (Wildman–Crippen MR) is 92.4 cm³/mol. The zero-order valence-corrected chi connectivity index (χ0v) is 14.7. The van der Waals surface area contributed by atoms with Gasteiger partial charge in [0.05, 0.1) is 13.0 Å². The SMILES string of the molecule is COCCC(=O)N1CCC(NC(=O)C(C)Oc2ccc(O)cc2)CC1. The van der Waals surface area contributed by atoms with E-state index >= 15 is 0 Å². The average molecular weight is 350 g/mol. The first kappa shape index (κ1) is 19.1. The molecule has 1 aliphatic heterocycles. The molecular weight excluding hydrogens is 324 g/mol. The van der Waals surface area contributed by atoms with Crippen LogP contribution in [0.4, 0.5) is 0 Å². The fourth-order valence-electron chi connectivity index (χ4n) is 2.72. The highest BCUT2D eigenvalue weighted by molar-refractivity contribution is 5.81. The topological polar surface area (TPSA) is 88.1 Å². The molecule has 1 heterocycles. The van der Waals surface area contributed by atoms with Crippen molar-refractivity contribution in [2.75, 3.05) is 26.8 Å². The van der Waals surface area contributed by atoms with E-state index in [-0.39, 0.29) is 23.6 Å². The molecule has 0 bridgehead atoms. The molecule has 25 heavy (non-hydrogen) atoms. The van der Waals surface area contributed by atoms with Crippen LogP contribution >= 0.6 is 0 Å². The highest BCUT2D eigenvalue weighted by Gasteiger charge is 2.25. The van der Waals surface area contributed by atoms with E-state index in [0.29, 0.717) is 31.9 Å². The minimum absolute atomic E-state index is 0.0462. The van der Waals surface area contributed by atoms with E-state index in [1.165, 1.54) is 12.1 Å². The van der Waals surface area contributed by atoms with Crippen LogP contribution in [0.2, 0.25) is 0 Å². The van der Waals surface area contributed by atoms with Crippen molar-refractivity contribution in [2.24, 2.45) is 0 Å². The normalized spacial score (nSPS) is 16.3. The van der Waals surface area contributed by atoms with Crippen molar-refractivity contribution >= 4 is 11.8 Å². The first-order valence-electron chi connectivity index (χ1n) is 8.52. The Morgan fingerprint density at radius 2 is 1.92 bits per heavy atom. The Balaban J connectivity index is 1.74. The number of carbonyl (C=O) groups excluding carboxylic acids is 2. The maximum atomic E-state index is 12.3. The molecule has 7 nitrogen and oxygen atoms in total. The van der Waals surface area contributed by atoms with Gasteiger partial charge < -0.3 is 24.8 Å². The highest BCUT2D eigenvalue weighted by atomic mass is 16.5. The summed E-state index contributed by atoms with van der Waals surface area (Å²) in [5.74, 6) is 0.586. The number of phenols is 1. The number of benzene rings is 1. The molecule has 1 unspecified atom stereocenters. The number of methoxy groups -OCH3 is 1. The molecule has 1 fully saturated rings. The van der Waals surface area contributed by atoms with E-state index in [0.717, 1.165) is 12.8 Å². The standard InChI is InChI=1S/C18H26N2O5/c1-13(25-16-5-3-15(21)4-6-16)18(23)19-14-7-10-20(11-8-14)17(22)9-12-24-2/h3-6,13-14,21H,7-12H2,1-2H3,(H,19,23). The number of amides is 2. The third-order valence-corrected chi connectivity index (χ3v) is 4.23. The Kier molecular flexibility index (Phi) is 7.06. The van der Waals surface area contributed by atoms with Gasteiger partial charge in [0.25, 0.3) is 5.91 Å². The number of piperidine rings is 1. The second kappa shape index (κ2) is 9.27. The molecule has 0 spiro atoms. The van der Waals surface area contributed by atoms with E-state index in [1.807, 2.05) is 4.90 Å². The van der Waals surface area contributed by atoms with Gasteiger partial charge in [-0.3, -0.25) is 9.59 Å². The van der Waals surface area contributed by atoms with Gasteiger partial charge in [0, 0.05) is 26.2 Å². The molecule has 2 N–H and O–H groups in total. The molecule has 0 aliphatic carbocycles. The molecule has 0 saturated carbocycles. The van der Waals surface area contributed by atoms with E-state index in [4.69, 9.17) is 9.47 Å². The Bertz CT molecular complexity index is 567. The Morgan fingerprint density at radius 3 is 2.52 bits per heavy atom. The number of ether oxygens (including phenoxy) is 2. The largest absolute Gasteiger partial charge is 0.508 e. The molecule has 138 valence electrons. The zero-order chi connectivity index (χ0) is 18.2. The molecule has 0 radical (unpaired) electrons. The second-order valence-electron chi connectivity index (χ2n) is 6.16. The molecule has 1 aliphatic rings. The molecule has 1 aromatic rings. The number of likely N-dealkylation sites (tertiary alicyclic amines) is 1. The van der Waals surface area contributed by atoms with Crippen LogP contribution in [0, 0.1) is 0 Å². The van der Waals surface area contributed by atoms with Gasteiger partial charge in [0.1, 0.15) is 11.5 Å². The van der Waals surface area contributed by atoms with Crippen molar-refractivity contribution < 1.29 is 24.2 Å². The van der Waals surface area contributed by atoms with Crippen molar-refractivity contribution in [1.82, 2.24) is 10.2 Å². The number of hydrogen-bond donors (Lipinski definition) is 2. The van der Waals surface area contributed by atoms with Crippen LogP contribution in [-0.2, 0) is 14.3 Å². The Labute approximate surface area is 147 Å². The molecule has 0 aromatic heterocycles. The third-order valence-electron chi connectivity index (χ3n) is 4.23. The van der Waals surface area contributed by atoms with Gasteiger partial charge >= 0.3 is 0 Å². The molecule has 1 saturated heterocycles. The predicted octanol–water partition coefficient (Wildman–Crippen LogP) is 1.30. The third kappa shape index (κ3) is 5.94. The molecule has 1 aromatic carbocycles. The molecule has 1 atom stereocenters. The summed E-state index contributed by atoms with van der Waals surface area (Å²) >= 11 is 0. The lowest BCUT2D eigenvalue weighted by Crippen LogP contribution is -2.49. The lowest BCUT2D eigenvalue weighted by atomic mass is 10.0. The minimum Gasteiger partial charge on any atom is -0.508 e. The van der Waals surface area contributed by atoms with E-state index in [1.54, 1.807) is 26.2 Å². The van der Waals surface area contributed by atoms with Gasteiger partial charge in [-0.25, -0.2) is 0 Å². The van der Waals surface area contributed by atoms with Gasteiger partial charge in [-0.05, 0) is 44.0 Å². The summed E-state index contributed by atoms with van der Waals surface area (Å²) in [6.07, 6.45) is 1.23. The summed E-state index contributed by atoms with van der Waals surface area (Å²) < 4.78 is 10.5. The van der Waals surface area contributed by atoms with Crippen LogP contribution in [0.1, 0.15) is 26.2 Å². The monoisotopic (exact) mass is 350 g/mol. The maximum Gasteiger partial charge on any atom is 0.260 e. The Hall–Kier alpha value is -2.28. The maximum absolute atomic E-state index is 12.3. The molecule has 7 heteroatoms. The number of nitrogens with zero attached hydrogens (tertiary/aromatic N) is 1. The van der Waals surface area contributed by atoms with Crippen LogP contribution in [0.15, 0.2) is 24.3 Å². The summed E-state index contributed by atoms with van der Waals surface area (Å²) in [5.41, 5.74) is 0. The van der Waals surface area contributed by atoms with Crippen LogP contribution in [-0.4, -0.2) is 60.8 Å². The summed E-state index contributed by atoms with van der Waals surface area (Å²) in [7, 11) is 1.58. The van der Waals surface area contributed by atoms with Gasteiger partial charge in [-0.15, -0.1) is 0 Å². The van der Waals surface area contributed by atoms with Crippen LogP contribution in [0.25, 0.3) is 0 Å². The lowest BCUT2D eigenvalue weighted by Gasteiger charge is -2.33. The van der Waals surface area contributed by atoms with Gasteiger partial charge in [0.15, 0.2) is 6.10 Å². The fraction of sp³-hybridized carbons (Fsp3) is 0.556. The fourth-order valence-corrected chi connectivity index (χ4v) is 2.72. The first-order valence-corrected chi connectivity index (χ1v) is 8.52. The Morgan fingerprint density at radius 1 is 1.28 bits per heavy atom. The minimum atomic E-state index is -0.633. The van der Waals surface area contributed by atoms with Gasteiger partial charge in [0.2, 0.25) is 5.91 Å². The summed E-state index contributed by atoms with van der Waals surface area (Å²) in [6, 6.07) is 6.30. The number of rotatable bonds is 7. The van der Waals surface area contributed by atoms with Gasteiger partial charge in [-0.2, -0.15) is 0 Å². The summed E-state index contributed by atoms with van der Waals surface area (Å²) in [6.45, 7) is 3.40. The number of carbonyl (C=O) groups is 2. The van der Waals surface area contributed by atoms with Crippen LogP contribution in [0.5, 0.6) is 11.5 Å².